The monoisotopic (exact) mass is 280 g/mol. The summed E-state index contributed by atoms with van der Waals surface area (Å²) < 4.78 is 11.8. The van der Waals surface area contributed by atoms with Gasteiger partial charge in [0.25, 0.3) is 0 Å². The number of hydrogen-bond acceptors (Lipinski definition) is 4. The second kappa shape index (κ2) is 4.85. The Labute approximate surface area is 120 Å². The van der Waals surface area contributed by atoms with Gasteiger partial charge < -0.3 is 14.6 Å². The molecule has 4 heteroatoms. The van der Waals surface area contributed by atoms with Crippen molar-refractivity contribution < 1.29 is 19.4 Å². The standard InChI is InChI=1S/C16H24O4/c1-11(2)14(18)20-16-8-12-5-13(9-16)7-15(6-12,10-16)19-4-3-17/h12-13,17H,1,3-10H2,2H3/t12-,13+,15?,16?. The van der Waals surface area contributed by atoms with Crippen molar-refractivity contribution in [1.82, 2.24) is 0 Å². The maximum atomic E-state index is 11.9. The lowest BCUT2D eigenvalue weighted by molar-refractivity contribution is -0.233. The normalized spacial score (nSPS) is 41.7. The van der Waals surface area contributed by atoms with Gasteiger partial charge >= 0.3 is 5.97 Å². The van der Waals surface area contributed by atoms with Crippen LogP contribution in [0.4, 0.5) is 0 Å². The molecule has 0 spiro atoms. The summed E-state index contributed by atoms with van der Waals surface area (Å²) in [7, 11) is 0. The minimum absolute atomic E-state index is 0.0512. The first-order valence-electron chi connectivity index (χ1n) is 7.60. The molecule has 4 aliphatic carbocycles. The topological polar surface area (TPSA) is 55.8 Å². The molecule has 0 heterocycles. The van der Waals surface area contributed by atoms with E-state index in [4.69, 9.17) is 14.6 Å². The number of hydrogen-bond donors (Lipinski definition) is 1. The summed E-state index contributed by atoms with van der Waals surface area (Å²) in [6, 6.07) is 0. The molecule has 0 aromatic heterocycles. The Hall–Kier alpha value is -0.870. The van der Waals surface area contributed by atoms with Gasteiger partial charge in [-0.05, 0) is 50.9 Å². The van der Waals surface area contributed by atoms with Crippen molar-refractivity contribution in [2.75, 3.05) is 13.2 Å². The first-order chi connectivity index (χ1) is 9.46. The average molecular weight is 280 g/mol. The highest BCUT2D eigenvalue weighted by Crippen LogP contribution is 2.60. The van der Waals surface area contributed by atoms with Gasteiger partial charge in [0.15, 0.2) is 0 Å². The fourth-order valence-electron chi connectivity index (χ4n) is 4.93. The number of rotatable bonds is 5. The van der Waals surface area contributed by atoms with Crippen molar-refractivity contribution in [1.29, 1.82) is 0 Å². The van der Waals surface area contributed by atoms with Gasteiger partial charge in [0, 0.05) is 12.0 Å². The van der Waals surface area contributed by atoms with Crippen molar-refractivity contribution in [3.63, 3.8) is 0 Å². The molecular formula is C16H24O4. The SMILES string of the molecule is C=C(C)C(=O)OC12C[C@@H]3C[C@@H](CC(OCCO)(C3)C1)C2. The highest BCUT2D eigenvalue weighted by atomic mass is 16.6. The molecule has 4 nitrogen and oxygen atoms in total. The Morgan fingerprint density at radius 3 is 2.40 bits per heavy atom. The number of carbonyl (C=O) groups excluding carboxylic acids is 1. The molecule has 112 valence electrons. The predicted octanol–water partition coefficient (Wildman–Crippen LogP) is 2.21. The van der Waals surface area contributed by atoms with E-state index < -0.39 is 0 Å². The molecule has 2 unspecified atom stereocenters. The van der Waals surface area contributed by atoms with Gasteiger partial charge in [-0.1, -0.05) is 6.58 Å². The maximum absolute atomic E-state index is 11.9. The van der Waals surface area contributed by atoms with E-state index in [2.05, 4.69) is 6.58 Å². The van der Waals surface area contributed by atoms with E-state index in [0.29, 0.717) is 24.0 Å². The van der Waals surface area contributed by atoms with Crippen LogP contribution in [-0.4, -0.2) is 35.5 Å². The van der Waals surface area contributed by atoms with Crippen LogP contribution in [0.3, 0.4) is 0 Å². The molecule has 4 saturated carbocycles. The molecule has 4 aliphatic rings. The number of ether oxygens (including phenoxy) is 2. The Kier molecular flexibility index (Phi) is 3.41. The summed E-state index contributed by atoms with van der Waals surface area (Å²) >= 11 is 0. The van der Waals surface area contributed by atoms with E-state index in [-0.39, 0.29) is 23.8 Å². The molecule has 4 fully saturated rings. The summed E-state index contributed by atoms with van der Waals surface area (Å²) in [5.74, 6) is 0.907. The Bertz CT molecular complexity index is 414. The lowest BCUT2D eigenvalue weighted by atomic mass is 9.52. The second-order valence-electron chi connectivity index (χ2n) is 7.07. The van der Waals surface area contributed by atoms with Gasteiger partial charge in [0.2, 0.25) is 0 Å². The quantitative estimate of drug-likeness (QED) is 0.619. The van der Waals surface area contributed by atoms with Crippen LogP contribution in [0, 0.1) is 11.8 Å². The Morgan fingerprint density at radius 1 is 1.25 bits per heavy atom. The van der Waals surface area contributed by atoms with Gasteiger partial charge in [0.05, 0.1) is 18.8 Å². The zero-order valence-corrected chi connectivity index (χ0v) is 12.2. The lowest BCUT2D eigenvalue weighted by Crippen LogP contribution is -2.61. The first kappa shape index (κ1) is 14.1. The molecule has 0 aliphatic heterocycles. The van der Waals surface area contributed by atoms with Gasteiger partial charge in [-0.15, -0.1) is 0 Å². The lowest BCUT2D eigenvalue weighted by Gasteiger charge is -2.60. The maximum Gasteiger partial charge on any atom is 0.333 e. The smallest absolute Gasteiger partial charge is 0.333 e. The molecule has 0 saturated heterocycles. The van der Waals surface area contributed by atoms with E-state index in [1.54, 1.807) is 6.92 Å². The van der Waals surface area contributed by atoms with Crippen LogP contribution in [0.1, 0.15) is 45.4 Å². The molecule has 0 aromatic rings. The van der Waals surface area contributed by atoms with Crippen LogP contribution in [0.2, 0.25) is 0 Å². The zero-order valence-electron chi connectivity index (χ0n) is 12.2. The molecule has 0 radical (unpaired) electrons. The number of carbonyl (C=O) groups is 1. The minimum Gasteiger partial charge on any atom is -0.456 e. The largest absolute Gasteiger partial charge is 0.456 e. The first-order valence-corrected chi connectivity index (χ1v) is 7.60. The minimum atomic E-state index is -0.352. The van der Waals surface area contributed by atoms with E-state index in [1.807, 2.05) is 0 Å². The summed E-state index contributed by atoms with van der Waals surface area (Å²) in [6.45, 7) is 5.81. The van der Waals surface area contributed by atoms with Gasteiger partial charge in [-0.2, -0.15) is 0 Å². The van der Waals surface area contributed by atoms with Crippen molar-refractivity contribution in [2.24, 2.45) is 11.8 Å². The molecule has 4 bridgehead atoms. The number of esters is 1. The van der Waals surface area contributed by atoms with Crippen molar-refractivity contribution in [2.45, 2.75) is 56.7 Å². The molecule has 0 amide bonds. The fraction of sp³-hybridized carbons (Fsp3) is 0.812. The van der Waals surface area contributed by atoms with Crippen molar-refractivity contribution >= 4 is 5.97 Å². The third-order valence-electron chi connectivity index (χ3n) is 5.11. The van der Waals surface area contributed by atoms with E-state index in [9.17, 15) is 4.79 Å². The van der Waals surface area contributed by atoms with Crippen molar-refractivity contribution in [3.05, 3.63) is 12.2 Å². The van der Waals surface area contributed by atoms with E-state index in [0.717, 1.165) is 32.1 Å². The number of aliphatic hydroxyl groups excluding tert-OH is 1. The number of aliphatic hydroxyl groups is 1. The zero-order chi connectivity index (χ0) is 14.4. The molecule has 4 rings (SSSR count). The van der Waals surface area contributed by atoms with Gasteiger partial charge in [0.1, 0.15) is 5.60 Å². The summed E-state index contributed by atoms with van der Waals surface area (Å²) in [6.07, 6.45) is 6.05. The van der Waals surface area contributed by atoms with Gasteiger partial charge in [-0.3, -0.25) is 0 Å². The molecule has 4 atom stereocenters. The third-order valence-corrected chi connectivity index (χ3v) is 5.11. The molecule has 0 aromatic carbocycles. The van der Waals surface area contributed by atoms with Crippen LogP contribution in [0.15, 0.2) is 12.2 Å². The van der Waals surface area contributed by atoms with Crippen LogP contribution in [0.25, 0.3) is 0 Å². The van der Waals surface area contributed by atoms with Crippen LogP contribution < -0.4 is 0 Å². The van der Waals surface area contributed by atoms with Crippen LogP contribution >= 0.6 is 0 Å². The molecule has 1 N–H and O–H groups in total. The highest BCUT2D eigenvalue weighted by molar-refractivity contribution is 5.87. The van der Waals surface area contributed by atoms with Crippen LogP contribution in [-0.2, 0) is 14.3 Å². The van der Waals surface area contributed by atoms with E-state index >= 15 is 0 Å². The van der Waals surface area contributed by atoms with Crippen molar-refractivity contribution in [3.8, 4) is 0 Å². The molecule has 20 heavy (non-hydrogen) atoms. The second-order valence-corrected chi connectivity index (χ2v) is 7.07. The van der Waals surface area contributed by atoms with E-state index in [1.165, 1.54) is 6.42 Å². The summed E-state index contributed by atoms with van der Waals surface area (Å²) in [5, 5.41) is 9.03. The van der Waals surface area contributed by atoms with Gasteiger partial charge in [-0.25, -0.2) is 4.79 Å². The summed E-state index contributed by atoms with van der Waals surface area (Å²) in [5.41, 5.74) is -0.0661. The predicted molar refractivity (Wildman–Crippen MR) is 74.1 cm³/mol. The fourth-order valence-corrected chi connectivity index (χ4v) is 4.93. The highest BCUT2D eigenvalue weighted by Gasteiger charge is 2.60. The van der Waals surface area contributed by atoms with Crippen LogP contribution in [0.5, 0.6) is 0 Å². The Balaban J connectivity index is 1.79. The summed E-state index contributed by atoms with van der Waals surface area (Å²) in [4.78, 5) is 11.9. The Morgan fingerprint density at radius 2 is 1.85 bits per heavy atom. The average Bonchev–Trinajstić information content (AvgIpc) is 2.34. The third kappa shape index (κ3) is 2.40. The molecular weight excluding hydrogens is 256 g/mol.